The average molecular weight is 408 g/mol. The van der Waals surface area contributed by atoms with Gasteiger partial charge in [0.1, 0.15) is 5.75 Å². The quantitative estimate of drug-likeness (QED) is 0.774. The first-order valence-corrected chi connectivity index (χ1v) is 11.0. The Morgan fingerprint density at radius 2 is 1.89 bits per heavy atom. The van der Waals surface area contributed by atoms with Gasteiger partial charge in [-0.2, -0.15) is 0 Å². The third kappa shape index (κ3) is 4.45. The monoisotopic (exact) mass is 407 g/mol. The first-order valence-electron chi connectivity index (χ1n) is 8.72. The van der Waals surface area contributed by atoms with E-state index in [-0.39, 0.29) is 22.5 Å². The van der Waals surface area contributed by atoms with E-state index in [1.54, 1.807) is 11.0 Å². The molecule has 0 aliphatic carbocycles. The van der Waals surface area contributed by atoms with E-state index in [2.05, 4.69) is 0 Å². The number of carbonyl (C=O) groups excluding carboxylic acids is 1. The molecule has 2 aromatic carbocycles. The van der Waals surface area contributed by atoms with E-state index in [1.165, 1.54) is 17.7 Å². The maximum Gasteiger partial charge on any atom is 0.257 e. The van der Waals surface area contributed by atoms with E-state index in [0.29, 0.717) is 23.9 Å². The Bertz CT molecular complexity index is 985. The highest BCUT2D eigenvalue weighted by molar-refractivity contribution is 7.90. The van der Waals surface area contributed by atoms with Crippen LogP contribution in [0.3, 0.4) is 0 Å². The number of sulfone groups is 1. The molecule has 3 rings (SSSR count). The van der Waals surface area contributed by atoms with Crippen LogP contribution in [0.2, 0.25) is 5.02 Å². The molecule has 0 radical (unpaired) electrons. The maximum atomic E-state index is 13.2. The third-order valence-electron chi connectivity index (χ3n) is 4.44. The van der Waals surface area contributed by atoms with Crippen LogP contribution in [0.25, 0.3) is 0 Å². The SMILES string of the molecule is CC(C)Oc1ccc(S(C)(=O)=O)cc1C(=O)N1CCc2ccc(Cl)cc2C1. The van der Waals surface area contributed by atoms with Gasteiger partial charge in [0.25, 0.3) is 5.91 Å². The average Bonchev–Trinajstić information content (AvgIpc) is 2.59. The summed E-state index contributed by atoms with van der Waals surface area (Å²) in [5, 5.41) is 0.631. The van der Waals surface area contributed by atoms with Gasteiger partial charge in [0.2, 0.25) is 0 Å². The van der Waals surface area contributed by atoms with E-state index in [0.717, 1.165) is 18.2 Å². The molecule has 0 fully saturated rings. The molecule has 0 N–H and O–H groups in total. The lowest BCUT2D eigenvalue weighted by Gasteiger charge is -2.30. The molecule has 0 spiro atoms. The predicted molar refractivity (Wildman–Crippen MR) is 105 cm³/mol. The van der Waals surface area contributed by atoms with Crippen molar-refractivity contribution >= 4 is 27.3 Å². The Balaban J connectivity index is 1.97. The van der Waals surface area contributed by atoms with Crippen molar-refractivity contribution in [3.05, 3.63) is 58.1 Å². The zero-order valence-corrected chi connectivity index (χ0v) is 17.1. The smallest absolute Gasteiger partial charge is 0.257 e. The number of hydrogen-bond donors (Lipinski definition) is 0. The van der Waals surface area contributed by atoms with Gasteiger partial charge < -0.3 is 9.64 Å². The van der Waals surface area contributed by atoms with Crippen LogP contribution < -0.4 is 4.74 Å². The second-order valence-corrected chi connectivity index (χ2v) is 9.44. The summed E-state index contributed by atoms with van der Waals surface area (Å²) in [6.07, 6.45) is 1.71. The van der Waals surface area contributed by atoms with Crippen molar-refractivity contribution in [1.82, 2.24) is 4.90 Å². The summed E-state index contributed by atoms with van der Waals surface area (Å²) in [6, 6.07) is 10.1. The molecule has 2 aromatic rings. The minimum atomic E-state index is -3.43. The standard InChI is InChI=1S/C20H22ClNO4S/c1-13(2)26-19-7-6-17(27(3,24)25)11-18(19)20(23)22-9-8-14-4-5-16(21)10-15(14)12-22/h4-7,10-11,13H,8-9,12H2,1-3H3. The first-order chi connectivity index (χ1) is 12.6. The number of rotatable bonds is 4. The summed E-state index contributed by atoms with van der Waals surface area (Å²) in [5.74, 6) is 0.140. The molecule has 1 aliphatic heterocycles. The van der Waals surface area contributed by atoms with Crippen LogP contribution in [-0.2, 0) is 22.8 Å². The number of benzene rings is 2. The number of nitrogens with zero attached hydrogens (tertiary/aromatic N) is 1. The Morgan fingerprint density at radius 3 is 2.56 bits per heavy atom. The minimum absolute atomic E-state index is 0.0995. The van der Waals surface area contributed by atoms with Gasteiger partial charge in [-0.05, 0) is 61.7 Å². The fraction of sp³-hybridized carbons (Fsp3) is 0.350. The van der Waals surface area contributed by atoms with Crippen LogP contribution in [0.4, 0.5) is 0 Å². The highest BCUT2D eigenvalue weighted by Gasteiger charge is 2.26. The summed E-state index contributed by atoms with van der Waals surface area (Å²) in [6.45, 7) is 4.70. The number of ether oxygens (including phenoxy) is 1. The van der Waals surface area contributed by atoms with Crippen LogP contribution in [0.15, 0.2) is 41.3 Å². The third-order valence-corrected chi connectivity index (χ3v) is 5.79. The van der Waals surface area contributed by atoms with E-state index in [9.17, 15) is 13.2 Å². The van der Waals surface area contributed by atoms with Crippen molar-refractivity contribution in [2.24, 2.45) is 0 Å². The Morgan fingerprint density at radius 1 is 1.15 bits per heavy atom. The number of hydrogen-bond acceptors (Lipinski definition) is 4. The number of amides is 1. The second kappa shape index (κ2) is 7.52. The summed E-state index contributed by atoms with van der Waals surface area (Å²) < 4.78 is 29.6. The van der Waals surface area contributed by atoms with Crippen LogP contribution in [0, 0.1) is 0 Å². The minimum Gasteiger partial charge on any atom is -0.490 e. The van der Waals surface area contributed by atoms with Crippen LogP contribution in [-0.4, -0.2) is 38.1 Å². The maximum absolute atomic E-state index is 13.2. The van der Waals surface area contributed by atoms with E-state index >= 15 is 0 Å². The van der Waals surface area contributed by atoms with Gasteiger partial charge >= 0.3 is 0 Å². The first kappa shape index (κ1) is 19.7. The van der Waals surface area contributed by atoms with Crippen molar-refractivity contribution in [3.8, 4) is 5.75 Å². The van der Waals surface area contributed by atoms with E-state index in [1.807, 2.05) is 32.0 Å². The van der Waals surface area contributed by atoms with Gasteiger partial charge in [0, 0.05) is 24.4 Å². The zero-order valence-electron chi connectivity index (χ0n) is 15.5. The molecular formula is C20H22ClNO4S. The Hall–Kier alpha value is -2.05. The van der Waals surface area contributed by atoms with Gasteiger partial charge in [-0.1, -0.05) is 17.7 Å². The molecule has 27 heavy (non-hydrogen) atoms. The molecule has 144 valence electrons. The normalized spacial score (nSPS) is 14.2. The highest BCUT2D eigenvalue weighted by atomic mass is 35.5. The molecule has 0 saturated heterocycles. The summed E-state index contributed by atoms with van der Waals surface area (Å²) in [4.78, 5) is 15.0. The van der Waals surface area contributed by atoms with Gasteiger partial charge in [-0.3, -0.25) is 4.79 Å². The van der Waals surface area contributed by atoms with Crippen LogP contribution >= 0.6 is 11.6 Å². The lowest BCUT2D eigenvalue weighted by molar-refractivity contribution is 0.0728. The molecular weight excluding hydrogens is 386 g/mol. The molecule has 1 aliphatic rings. The Labute approximate surface area is 164 Å². The number of carbonyl (C=O) groups is 1. The van der Waals surface area contributed by atoms with Crippen molar-refractivity contribution in [3.63, 3.8) is 0 Å². The Kier molecular flexibility index (Phi) is 5.49. The van der Waals surface area contributed by atoms with E-state index in [4.69, 9.17) is 16.3 Å². The van der Waals surface area contributed by atoms with Gasteiger partial charge in [0.05, 0.1) is 16.6 Å². The summed E-state index contributed by atoms with van der Waals surface area (Å²) in [5.41, 5.74) is 2.44. The fourth-order valence-corrected chi connectivity index (χ4v) is 3.97. The molecule has 0 unspecified atom stereocenters. The molecule has 0 atom stereocenters. The summed E-state index contributed by atoms with van der Waals surface area (Å²) in [7, 11) is -3.43. The van der Waals surface area contributed by atoms with Gasteiger partial charge in [0.15, 0.2) is 9.84 Å². The van der Waals surface area contributed by atoms with Crippen molar-refractivity contribution < 1.29 is 17.9 Å². The predicted octanol–water partition coefficient (Wildman–Crippen LogP) is 3.73. The number of fused-ring (bicyclic) bond motifs is 1. The number of halogens is 1. The topological polar surface area (TPSA) is 63.7 Å². The van der Waals surface area contributed by atoms with Crippen molar-refractivity contribution in [2.75, 3.05) is 12.8 Å². The van der Waals surface area contributed by atoms with Crippen LogP contribution in [0.1, 0.15) is 35.3 Å². The molecule has 7 heteroatoms. The van der Waals surface area contributed by atoms with Crippen molar-refractivity contribution in [1.29, 1.82) is 0 Å². The molecule has 1 amide bonds. The van der Waals surface area contributed by atoms with Crippen LogP contribution in [0.5, 0.6) is 5.75 Å². The lowest BCUT2D eigenvalue weighted by Crippen LogP contribution is -2.36. The summed E-state index contributed by atoms with van der Waals surface area (Å²) >= 11 is 6.08. The van der Waals surface area contributed by atoms with Crippen molar-refractivity contribution in [2.45, 2.75) is 37.8 Å². The van der Waals surface area contributed by atoms with E-state index < -0.39 is 9.84 Å². The highest BCUT2D eigenvalue weighted by Crippen LogP contribution is 2.28. The fourth-order valence-electron chi connectivity index (χ4n) is 3.13. The molecule has 5 nitrogen and oxygen atoms in total. The van der Waals surface area contributed by atoms with Gasteiger partial charge in [-0.25, -0.2) is 8.42 Å². The lowest BCUT2D eigenvalue weighted by atomic mass is 9.99. The largest absolute Gasteiger partial charge is 0.490 e. The zero-order chi connectivity index (χ0) is 19.8. The second-order valence-electron chi connectivity index (χ2n) is 6.99. The molecule has 0 saturated carbocycles. The van der Waals surface area contributed by atoms with Gasteiger partial charge in [-0.15, -0.1) is 0 Å². The molecule has 1 heterocycles. The molecule has 0 aromatic heterocycles. The molecule has 0 bridgehead atoms.